The Kier molecular flexibility index (Phi) is 4.32. The monoisotopic (exact) mass is 286 g/mol. The van der Waals surface area contributed by atoms with Gasteiger partial charge in [-0.05, 0) is 36.5 Å². The second-order valence-corrected chi connectivity index (χ2v) is 5.18. The number of nitrogens with one attached hydrogen (secondary N) is 1. The lowest BCUT2D eigenvalue weighted by Crippen LogP contribution is -2.32. The summed E-state index contributed by atoms with van der Waals surface area (Å²) in [6.07, 6.45) is -2.03. The van der Waals surface area contributed by atoms with Gasteiger partial charge in [0, 0.05) is 19.0 Å². The molecule has 3 N–H and O–H groups in total. The number of hydrogen-bond acceptors (Lipinski definition) is 2. The molecular weight excluding hydrogens is 269 g/mol. The van der Waals surface area contributed by atoms with Crippen molar-refractivity contribution in [2.75, 3.05) is 0 Å². The molecule has 1 fully saturated rings. The molecule has 0 aliphatic heterocycles. The number of nitrogens with two attached hydrogens (primary N) is 1. The van der Waals surface area contributed by atoms with Gasteiger partial charge in [-0.15, -0.1) is 0 Å². The predicted molar refractivity (Wildman–Crippen MR) is 68.6 cm³/mol. The summed E-state index contributed by atoms with van der Waals surface area (Å²) >= 11 is 0. The van der Waals surface area contributed by atoms with Gasteiger partial charge in [-0.2, -0.15) is 13.2 Å². The SMILES string of the molecule is NC(CC(=O)NCc1cccc(C(F)(F)F)c1)C1CC1. The number of carbonyl (C=O) groups is 1. The van der Waals surface area contributed by atoms with Gasteiger partial charge in [-0.25, -0.2) is 0 Å². The van der Waals surface area contributed by atoms with Crippen LogP contribution in [0.5, 0.6) is 0 Å². The molecule has 20 heavy (non-hydrogen) atoms. The largest absolute Gasteiger partial charge is 0.416 e. The van der Waals surface area contributed by atoms with Crippen molar-refractivity contribution in [2.24, 2.45) is 11.7 Å². The van der Waals surface area contributed by atoms with Gasteiger partial charge < -0.3 is 11.1 Å². The van der Waals surface area contributed by atoms with Crippen molar-refractivity contribution < 1.29 is 18.0 Å². The highest BCUT2D eigenvalue weighted by Crippen LogP contribution is 2.32. The molecule has 2 rings (SSSR count). The number of rotatable bonds is 5. The summed E-state index contributed by atoms with van der Waals surface area (Å²) in [4.78, 5) is 11.6. The van der Waals surface area contributed by atoms with E-state index in [2.05, 4.69) is 5.32 Å². The third-order valence-corrected chi connectivity index (χ3v) is 3.39. The maximum Gasteiger partial charge on any atom is 0.416 e. The van der Waals surface area contributed by atoms with Crippen LogP contribution in [0.3, 0.4) is 0 Å². The number of alkyl halides is 3. The van der Waals surface area contributed by atoms with Crippen LogP contribution in [0.4, 0.5) is 13.2 Å². The van der Waals surface area contributed by atoms with Crippen LogP contribution in [0.2, 0.25) is 0 Å². The first-order valence-electron chi connectivity index (χ1n) is 6.54. The summed E-state index contributed by atoms with van der Waals surface area (Å²) in [6.45, 7) is 0.0835. The summed E-state index contributed by atoms with van der Waals surface area (Å²) in [6, 6.07) is 4.79. The van der Waals surface area contributed by atoms with Crippen LogP contribution in [0.15, 0.2) is 24.3 Å². The second-order valence-electron chi connectivity index (χ2n) is 5.18. The topological polar surface area (TPSA) is 55.1 Å². The normalized spacial score (nSPS) is 16.8. The van der Waals surface area contributed by atoms with E-state index in [1.165, 1.54) is 6.07 Å². The van der Waals surface area contributed by atoms with Crippen molar-refractivity contribution in [1.82, 2.24) is 5.32 Å². The Morgan fingerprint density at radius 1 is 1.40 bits per heavy atom. The second kappa shape index (κ2) is 5.83. The van der Waals surface area contributed by atoms with Crippen molar-refractivity contribution in [3.63, 3.8) is 0 Å². The molecule has 6 heteroatoms. The van der Waals surface area contributed by atoms with Gasteiger partial charge in [0.2, 0.25) is 5.91 Å². The van der Waals surface area contributed by atoms with Crippen LogP contribution in [0.1, 0.15) is 30.4 Å². The van der Waals surface area contributed by atoms with E-state index in [-0.39, 0.29) is 24.9 Å². The molecule has 1 saturated carbocycles. The van der Waals surface area contributed by atoms with Crippen molar-refractivity contribution in [2.45, 2.75) is 38.0 Å². The minimum atomic E-state index is -4.37. The van der Waals surface area contributed by atoms with Crippen LogP contribution >= 0.6 is 0 Å². The lowest BCUT2D eigenvalue weighted by molar-refractivity contribution is -0.137. The molecule has 0 heterocycles. The molecule has 1 aliphatic carbocycles. The fourth-order valence-electron chi connectivity index (χ4n) is 2.04. The molecule has 3 nitrogen and oxygen atoms in total. The summed E-state index contributed by atoms with van der Waals surface area (Å²) in [7, 11) is 0. The smallest absolute Gasteiger partial charge is 0.352 e. The first-order chi connectivity index (χ1) is 9.36. The molecule has 0 bridgehead atoms. The maximum absolute atomic E-state index is 12.5. The summed E-state index contributed by atoms with van der Waals surface area (Å²) in [5, 5.41) is 2.60. The molecular formula is C14H17F3N2O. The van der Waals surface area contributed by atoms with Crippen LogP contribution in [-0.4, -0.2) is 11.9 Å². The van der Waals surface area contributed by atoms with Crippen LogP contribution in [-0.2, 0) is 17.5 Å². The first-order valence-corrected chi connectivity index (χ1v) is 6.54. The van der Waals surface area contributed by atoms with Gasteiger partial charge >= 0.3 is 6.18 Å². The van der Waals surface area contributed by atoms with Gasteiger partial charge in [0.25, 0.3) is 0 Å². The summed E-state index contributed by atoms with van der Waals surface area (Å²) in [5.74, 6) is 0.205. The molecule has 1 unspecified atom stereocenters. The van der Waals surface area contributed by atoms with Crippen molar-refractivity contribution in [3.05, 3.63) is 35.4 Å². The van der Waals surface area contributed by atoms with Crippen LogP contribution < -0.4 is 11.1 Å². The zero-order valence-electron chi connectivity index (χ0n) is 10.9. The van der Waals surface area contributed by atoms with Gasteiger partial charge in [0.1, 0.15) is 0 Å². The fraction of sp³-hybridized carbons (Fsp3) is 0.500. The van der Waals surface area contributed by atoms with Gasteiger partial charge in [0.05, 0.1) is 5.56 Å². The fourth-order valence-corrected chi connectivity index (χ4v) is 2.04. The molecule has 0 spiro atoms. The number of halogens is 3. The minimum Gasteiger partial charge on any atom is -0.352 e. The summed E-state index contributed by atoms with van der Waals surface area (Å²) in [5.41, 5.74) is 5.54. The predicted octanol–water partition coefficient (Wildman–Crippen LogP) is 2.45. The van der Waals surface area contributed by atoms with E-state index in [1.54, 1.807) is 6.07 Å². The Labute approximate surface area is 115 Å². The highest BCUT2D eigenvalue weighted by atomic mass is 19.4. The third kappa shape index (κ3) is 4.23. The average molecular weight is 286 g/mol. The van der Waals surface area contributed by atoms with Gasteiger partial charge in [-0.3, -0.25) is 4.79 Å². The molecule has 1 amide bonds. The van der Waals surface area contributed by atoms with Gasteiger partial charge in [-0.1, -0.05) is 12.1 Å². The Balaban J connectivity index is 1.85. The number of benzene rings is 1. The number of hydrogen-bond donors (Lipinski definition) is 2. The van der Waals surface area contributed by atoms with Gasteiger partial charge in [0.15, 0.2) is 0 Å². The van der Waals surface area contributed by atoms with E-state index < -0.39 is 11.7 Å². The molecule has 1 atom stereocenters. The first kappa shape index (κ1) is 14.8. The lowest BCUT2D eigenvalue weighted by Gasteiger charge is -2.12. The number of carbonyl (C=O) groups excluding carboxylic acids is 1. The minimum absolute atomic E-state index is 0.0835. The van der Waals surface area contributed by atoms with Crippen LogP contribution in [0.25, 0.3) is 0 Å². The maximum atomic E-state index is 12.5. The van der Waals surface area contributed by atoms with Crippen molar-refractivity contribution in [1.29, 1.82) is 0 Å². The Hall–Kier alpha value is -1.56. The van der Waals surface area contributed by atoms with E-state index in [9.17, 15) is 18.0 Å². The standard InChI is InChI=1S/C14H17F3N2O/c15-14(16,17)11-3-1-2-9(6-11)8-19-13(20)7-12(18)10-4-5-10/h1-3,6,10,12H,4-5,7-8,18H2,(H,19,20). The Morgan fingerprint density at radius 3 is 2.70 bits per heavy atom. The third-order valence-electron chi connectivity index (χ3n) is 3.39. The van der Waals surface area contributed by atoms with E-state index in [4.69, 9.17) is 5.73 Å². The van der Waals surface area contributed by atoms with E-state index >= 15 is 0 Å². The zero-order valence-corrected chi connectivity index (χ0v) is 10.9. The van der Waals surface area contributed by atoms with Crippen LogP contribution in [0, 0.1) is 5.92 Å². The van der Waals surface area contributed by atoms with E-state index in [0.29, 0.717) is 11.5 Å². The highest BCUT2D eigenvalue weighted by molar-refractivity contribution is 5.76. The van der Waals surface area contributed by atoms with E-state index in [1.807, 2.05) is 0 Å². The average Bonchev–Trinajstić information content (AvgIpc) is 3.20. The molecule has 110 valence electrons. The molecule has 0 aromatic heterocycles. The zero-order chi connectivity index (χ0) is 14.8. The van der Waals surface area contributed by atoms with E-state index in [0.717, 1.165) is 25.0 Å². The Morgan fingerprint density at radius 2 is 2.10 bits per heavy atom. The Bertz CT molecular complexity index is 484. The molecule has 0 saturated heterocycles. The highest BCUT2D eigenvalue weighted by Gasteiger charge is 2.31. The summed E-state index contributed by atoms with van der Waals surface area (Å²) < 4.78 is 37.6. The lowest BCUT2D eigenvalue weighted by atomic mass is 10.1. The quantitative estimate of drug-likeness (QED) is 0.873. The molecule has 0 radical (unpaired) electrons. The molecule has 1 aliphatic rings. The molecule has 1 aromatic rings. The van der Waals surface area contributed by atoms with Crippen molar-refractivity contribution >= 4 is 5.91 Å². The number of amides is 1. The van der Waals surface area contributed by atoms with Crippen molar-refractivity contribution in [3.8, 4) is 0 Å². The molecule has 1 aromatic carbocycles.